The molecule has 1 amide bonds. The molecule has 0 aromatic rings. The van der Waals surface area contributed by atoms with Gasteiger partial charge in [-0.2, -0.15) is 0 Å². The Labute approximate surface area is 347 Å². The van der Waals surface area contributed by atoms with Crippen molar-refractivity contribution in [2.75, 3.05) is 40.9 Å². The van der Waals surface area contributed by atoms with Crippen molar-refractivity contribution in [3.05, 3.63) is 36.5 Å². The minimum atomic E-state index is -4.60. The molecule has 3 unspecified atom stereocenters. The van der Waals surface area contributed by atoms with Crippen LogP contribution < -0.4 is 10.2 Å². The van der Waals surface area contributed by atoms with Crippen LogP contribution in [0.1, 0.15) is 206 Å². The lowest BCUT2D eigenvalue weighted by Crippen LogP contribution is -2.45. The SMILES string of the molecule is CCCCCC/C=C/CC/C=C/CC/C=C/C(O)C(COP(=O)([O-])OCC[N+](C)(C)C)NC(=O)CCCCCCCCCCCCCCCCCCCCCC. The van der Waals surface area contributed by atoms with Crippen molar-refractivity contribution in [2.24, 2.45) is 0 Å². The summed E-state index contributed by atoms with van der Waals surface area (Å²) in [7, 11) is 1.24. The quantitative estimate of drug-likeness (QED) is 0.0275. The molecule has 0 heterocycles. The van der Waals surface area contributed by atoms with Crippen molar-refractivity contribution >= 4 is 13.7 Å². The first-order valence-corrected chi connectivity index (χ1v) is 24.8. The lowest BCUT2D eigenvalue weighted by molar-refractivity contribution is -0.870. The number of unbranched alkanes of at least 4 members (excludes halogenated alkanes) is 25. The topological polar surface area (TPSA) is 108 Å². The van der Waals surface area contributed by atoms with Crippen LogP contribution in [-0.2, 0) is 18.4 Å². The smallest absolute Gasteiger partial charge is 0.268 e. The van der Waals surface area contributed by atoms with Gasteiger partial charge in [0.15, 0.2) is 0 Å². The summed E-state index contributed by atoms with van der Waals surface area (Å²) in [5.74, 6) is -0.210. The Bertz CT molecular complexity index is 1010. The fourth-order valence-corrected chi connectivity index (χ4v) is 7.32. The predicted molar refractivity (Wildman–Crippen MR) is 238 cm³/mol. The predicted octanol–water partition coefficient (Wildman–Crippen LogP) is 12.5. The molecule has 0 bridgehead atoms. The van der Waals surface area contributed by atoms with E-state index in [-0.39, 0.29) is 12.5 Å². The Kier molecular flexibility index (Phi) is 38.3. The van der Waals surface area contributed by atoms with Gasteiger partial charge in [0.2, 0.25) is 5.91 Å². The number of nitrogens with zero attached hydrogens (tertiary/aromatic N) is 1. The number of hydrogen-bond acceptors (Lipinski definition) is 6. The van der Waals surface area contributed by atoms with Crippen LogP contribution in [0.15, 0.2) is 36.5 Å². The zero-order chi connectivity index (χ0) is 41.4. The highest BCUT2D eigenvalue weighted by Crippen LogP contribution is 2.38. The molecule has 0 aliphatic carbocycles. The van der Waals surface area contributed by atoms with Crippen molar-refractivity contribution in [3.8, 4) is 0 Å². The first-order valence-electron chi connectivity index (χ1n) is 23.4. The number of carbonyl (C=O) groups is 1. The van der Waals surface area contributed by atoms with Gasteiger partial charge in [-0.3, -0.25) is 9.36 Å². The van der Waals surface area contributed by atoms with Gasteiger partial charge in [-0.15, -0.1) is 0 Å². The number of allylic oxidation sites excluding steroid dienone is 5. The van der Waals surface area contributed by atoms with Gasteiger partial charge in [0.25, 0.3) is 7.82 Å². The van der Waals surface area contributed by atoms with Gasteiger partial charge in [0.05, 0.1) is 39.9 Å². The van der Waals surface area contributed by atoms with Crippen LogP contribution >= 0.6 is 7.82 Å². The molecule has 0 aromatic heterocycles. The van der Waals surface area contributed by atoms with Crippen LogP contribution in [0.4, 0.5) is 0 Å². The number of amides is 1. The van der Waals surface area contributed by atoms with Crippen LogP contribution in [0.3, 0.4) is 0 Å². The zero-order valence-corrected chi connectivity index (χ0v) is 38.2. The van der Waals surface area contributed by atoms with Crippen LogP contribution in [-0.4, -0.2) is 68.5 Å². The Morgan fingerprint density at radius 1 is 0.607 bits per heavy atom. The molecule has 3 atom stereocenters. The number of aliphatic hydroxyl groups excluding tert-OH is 1. The number of likely N-dealkylation sites (N-methyl/N-ethyl adjacent to an activating group) is 1. The number of nitrogens with one attached hydrogen (secondary N) is 1. The van der Waals surface area contributed by atoms with Crippen molar-refractivity contribution in [1.82, 2.24) is 5.32 Å². The van der Waals surface area contributed by atoms with E-state index in [2.05, 4.69) is 43.5 Å². The van der Waals surface area contributed by atoms with Gasteiger partial charge in [-0.25, -0.2) is 0 Å². The highest BCUT2D eigenvalue weighted by molar-refractivity contribution is 7.45. The zero-order valence-electron chi connectivity index (χ0n) is 37.3. The van der Waals surface area contributed by atoms with Gasteiger partial charge in [0, 0.05) is 6.42 Å². The van der Waals surface area contributed by atoms with E-state index in [0.29, 0.717) is 17.4 Å². The molecule has 56 heavy (non-hydrogen) atoms. The molecule has 0 rings (SSSR count). The number of carbonyl (C=O) groups excluding carboxylic acids is 1. The summed E-state index contributed by atoms with van der Waals surface area (Å²) in [5.41, 5.74) is 0. The molecule has 0 aliphatic heterocycles. The lowest BCUT2D eigenvalue weighted by atomic mass is 10.0. The fourth-order valence-electron chi connectivity index (χ4n) is 6.60. The Balaban J connectivity index is 4.37. The molecule has 0 fully saturated rings. The maximum atomic E-state index is 12.9. The molecule has 330 valence electrons. The van der Waals surface area contributed by atoms with E-state index < -0.39 is 26.6 Å². The minimum absolute atomic E-state index is 0.00788. The number of phosphoric ester groups is 1. The fraction of sp³-hybridized carbons (Fsp3) is 0.851. The maximum Gasteiger partial charge on any atom is 0.268 e. The molecular formula is C47H91N2O6P. The van der Waals surface area contributed by atoms with Crippen LogP contribution in [0.25, 0.3) is 0 Å². The van der Waals surface area contributed by atoms with Crippen molar-refractivity contribution < 1.29 is 32.9 Å². The second-order valence-corrected chi connectivity index (χ2v) is 18.5. The van der Waals surface area contributed by atoms with Crippen molar-refractivity contribution in [2.45, 2.75) is 219 Å². The van der Waals surface area contributed by atoms with Crippen LogP contribution in [0.5, 0.6) is 0 Å². The number of aliphatic hydroxyl groups is 1. The number of hydrogen-bond donors (Lipinski definition) is 2. The van der Waals surface area contributed by atoms with Gasteiger partial charge < -0.3 is 28.8 Å². The normalized spacial score (nSPS) is 14.6. The Morgan fingerprint density at radius 3 is 1.45 bits per heavy atom. The third-order valence-corrected chi connectivity index (χ3v) is 11.3. The van der Waals surface area contributed by atoms with Gasteiger partial charge >= 0.3 is 0 Å². The summed E-state index contributed by atoms with van der Waals surface area (Å²) in [6.07, 6.45) is 47.7. The molecule has 0 aromatic carbocycles. The Hall–Kier alpha value is -1.28. The first-order chi connectivity index (χ1) is 27.0. The average molecular weight is 811 g/mol. The molecule has 0 aliphatic rings. The first kappa shape index (κ1) is 54.7. The monoisotopic (exact) mass is 811 g/mol. The van der Waals surface area contributed by atoms with Crippen LogP contribution in [0, 0.1) is 0 Å². The molecule has 9 heteroatoms. The van der Waals surface area contributed by atoms with E-state index in [0.717, 1.165) is 44.9 Å². The van der Waals surface area contributed by atoms with E-state index in [1.54, 1.807) is 6.08 Å². The van der Waals surface area contributed by atoms with E-state index in [9.17, 15) is 19.4 Å². The number of quaternary nitrogens is 1. The highest BCUT2D eigenvalue weighted by Gasteiger charge is 2.23. The van der Waals surface area contributed by atoms with Gasteiger partial charge in [0.1, 0.15) is 13.2 Å². The number of phosphoric acid groups is 1. The van der Waals surface area contributed by atoms with E-state index in [4.69, 9.17) is 9.05 Å². The largest absolute Gasteiger partial charge is 0.756 e. The minimum Gasteiger partial charge on any atom is -0.756 e. The van der Waals surface area contributed by atoms with Gasteiger partial charge in [-0.05, 0) is 44.9 Å². The summed E-state index contributed by atoms with van der Waals surface area (Å²) >= 11 is 0. The molecular weight excluding hydrogens is 719 g/mol. The van der Waals surface area contributed by atoms with Crippen molar-refractivity contribution in [3.63, 3.8) is 0 Å². The standard InChI is InChI=1S/C47H91N2O6P/c1-6-8-10-12-14-16-18-20-22-23-24-25-26-27-29-31-33-35-37-39-41-47(51)48-45(44-55-56(52,53)54-43-42-49(3,4)5)46(50)40-38-36-34-32-30-28-21-19-17-15-13-11-9-7-2/h17,19,30,32,38,40,45-46,50H,6-16,18,20-29,31,33-37,39,41-44H2,1-5H3,(H-,48,51,52,53)/b19-17+,32-30+,40-38+. The van der Waals surface area contributed by atoms with Crippen molar-refractivity contribution in [1.29, 1.82) is 0 Å². The summed E-state index contributed by atoms with van der Waals surface area (Å²) in [6.45, 7) is 4.60. The summed E-state index contributed by atoms with van der Waals surface area (Å²) < 4.78 is 23.2. The third kappa shape index (κ3) is 40.9. The molecule has 0 saturated heterocycles. The van der Waals surface area contributed by atoms with Crippen LogP contribution in [0.2, 0.25) is 0 Å². The summed E-state index contributed by atoms with van der Waals surface area (Å²) in [6, 6.07) is -0.905. The average Bonchev–Trinajstić information content (AvgIpc) is 3.15. The van der Waals surface area contributed by atoms with Gasteiger partial charge in [-0.1, -0.05) is 192 Å². The molecule has 0 saturated carbocycles. The number of rotatable bonds is 42. The summed E-state index contributed by atoms with van der Waals surface area (Å²) in [4.78, 5) is 25.3. The molecule has 0 radical (unpaired) electrons. The summed E-state index contributed by atoms with van der Waals surface area (Å²) in [5, 5.41) is 13.8. The molecule has 0 spiro atoms. The second-order valence-electron chi connectivity index (χ2n) is 17.1. The van der Waals surface area contributed by atoms with E-state index >= 15 is 0 Å². The Morgan fingerprint density at radius 2 is 1.00 bits per heavy atom. The highest BCUT2D eigenvalue weighted by atomic mass is 31.2. The molecule has 2 N–H and O–H groups in total. The lowest BCUT2D eigenvalue weighted by Gasteiger charge is -2.29. The second kappa shape index (κ2) is 39.2. The van der Waals surface area contributed by atoms with E-state index in [1.807, 2.05) is 27.2 Å². The maximum absolute atomic E-state index is 12.9. The molecule has 8 nitrogen and oxygen atoms in total. The third-order valence-electron chi connectivity index (χ3n) is 10.3. The van der Waals surface area contributed by atoms with E-state index in [1.165, 1.54) is 141 Å².